The first kappa shape index (κ1) is 13.0. The molecule has 0 unspecified atom stereocenters. The van der Waals surface area contributed by atoms with Crippen LogP contribution in [0, 0.1) is 12.1 Å². The van der Waals surface area contributed by atoms with Crippen LogP contribution < -0.4 is 4.73 Å². The van der Waals surface area contributed by atoms with Crippen molar-refractivity contribution in [2.75, 3.05) is 0 Å². The normalized spacial score (nSPS) is 9.64. The Labute approximate surface area is 87.2 Å². The summed E-state index contributed by atoms with van der Waals surface area (Å²) in [6.45, 7) is 0.651. The van der Waals surface area contributed by atoms with Crippen LogP contribution in [0.3, 0.4) is 0 Å². The third-order valence-corrected chi connectivity index (χ3v) is 1.95. The molecule has 0 aliphatic heterocycles. The topological polar surface area (TPSA) is 87.6 Å². The van der Waals surface area contributed by atoms with Gasteiger partial charge in [0.1, 0.15) is 0 Å². The van der Waals surface area contributed by atoms with Crippen molar-refractivity contribution in [2.45, 2.75) is 20.1 Å². The third kappa shape index (κ3) is 2.06. The maximum atomic E-state index is 11.1. The highest BCUT2D eigenvalue weighted by Gasteiger charge is 2.16. The highest BCUT2D eigenvalue weighted by atomic mass is 35.5. The van der Waals surface area contributed by atoms with Crippen molar-refractivity contribution in [1.29, 1.82) is 0 Å². The molecule has 0 saturated heterocycles. The van der Waals surface area contributed by atoms with Crippen LogP contribution in [0.2, 0.25) is 0 Å². The summed E-state index contributed by atoms with van der Waals surface area (Å²) < 4.78 is 0.458. The number of pyridine rings is 1. The molecule has 1 aromatic rings. The van der Waals surface area contributed by atoms with Crippen LogP contribution in [0.15, 0.2) is 6.20 Å². The number of aromatic hydroxyl groups is 1. The van der Waals surface area contributed by atoms with Crippen LogP contribution in [0.4, 0.5) is 0 Å². The zero-order chi connectivity index (χ0) is 10.0. The van der Waals surface area contributed by atoms with E-state index in [0.29, 0.717) is 4.73 Å². The minimum absolute atomic E-state index is 0. The van der Waals surface area contributed by atoms with Gasteiger partial charge in [-0.05, 0) is 0 Å². The van der Waals surface area contributed by atoms with E-state index >= 15 is 0 Å². The summed E-state index contributed by atoms with van der Waals surface area (Å²) in [5, 5.41) is 38.1. The van der Waals surface area contributed by atoms with Gasteiger partial charge in [0.05, 0.1) is 18.8 Å². The van der Waals surface area contributed by atoms with Crippen LogP contribution in [-0.2, 0) is 13.2 Å². The molecular formula is C8H12ClNO4. The Kier molecular flexibility index (Phi) is 4.62. The first-order valence-electron chi connectivity index (χ1n) is 3.77. The Morgan fingerprint density at radius 1 is 1.36 bits per heavy atom. The molecule has 0 fully saturated rings. The quantitative estimate of drug-likeness (QED) is 0.474. The zero-order valence-corrected chi connectivity index (χ0v) is 8.41. The Hall–Kier alpha value is -1.04. The predicted molar refractivity (Wildman–Crippen MR) is 50.9 cm³/mol. The molecule has 3 N–H and O–H groups in total. The van der Waals surface area contributed by atoms with Gasteiger partial charge in [0.2, 0.25) is 5.69 Å². The molecule has 0 aliphatic carbocycles. The lowest BCUT2D eigenvalue weighted by molar-refractivity contribution is -0.613. The molecule has 0 aromatic carbocycles. The molecular weight excluding hydrogens is 210 g/mol. The number of aliphatic hydroxyl groups is 2. The standard InChI is InChI=1S/C8H11NO4.ClH/c1-5-8(12)7(4-11)6(3-10)2-9(5)13;/h2,10-12H,3-4H2,1H3;1H. The summed E-state index contributed by atoms with van der Waals surface area (Å²) in [5.74, 6) is -0.260. The van der Waals surface area contributed by atoms with Crippen molar-refractivity contribution in [3.63, 3.8) is 0 Å². The van der Waals surface area contributed by atoms with Gasteiger partial charge in [-0.2, -0.15) is 4.73 Å². The molecule has 6 heteroatoms. The fourth-order valence-corrected chi connectivity index (χ4v) is 1.10. The van der Waals surface area contributed by atoms with E-state index in [0.717, 1.165) is 6.20 Å². The zero-order valence-electron chi connectivity index (χ0n) is 7.60. The number of hydrogen-bond acceptors (Lipinski definition) is 4. The van der Waals surface area contributed by atoms with Crippen LogP contribution >= 0.6 is 12.4 Å². The Balaban J connectivity index is 0.00000169. The number of nitrogens with zero attached hydrogens (tertiary/aromatic N) is 1. The smallest absolute Gasteiger partial charge is 0.231 e. The third-order valence-electron chi connectivity index (χ3n) is 1.95. The fraction of sp³-hybridized carbons (Fsp3) is 0.375. The summed E-state index contributed by atoms with van der Waals surface area (Å²) in [6, 6.07) is 0. The largest absolute Gasteiger partial charge is 0.618 e. The lowest BCUT2D eigenvalue weighted by Gasteiger charge is -2.09. The second kappa shape index (κ2) is 4.99. The van der Waals surface area contributed by atoms with Crippen molar-refractivity contribution in [1.82, 2.24) is 0 Å². The number of halogens is 1. The average molecular weight is 222 g/mol. The van der Waals surface area contributed by atoms with Crippen LogP contribution in [0.25, 0.3) is 0 Å². The highest BCUT2D eigenvalue weighted by Crippen LogP contribution is 2.22. The molecule has 1 heterocycles. The van der Waals surface area contributed by atoms with Gasteiger partial charge in [0.15, 0.2) is 11.9 Å². The van der Waals surface area contributed by atoms with Gasteiger partial charge in [-0.1, -0.05) is 0 Å². The molecule has 5 nitrogen and oxygen atoms in total. The van der Waals surface area contributed by atoms with E-state index in [-0.39, 0.29) is 41.6 Å². The summed E-state index contributed by atoms with van der Waals surface area (Å²) in [4.78, 5) is 0. The maximum absolute atomic E-state index is 11.1. The Bertz CT molecular complexity index is 330. The first-order chi connectivity index (χ1) is 6.11. The minimum atomic E-state index is -0.399. The molecule has 1 aromatic heterocycles. The molecule has 0 bridgehead atoms. The summed E-state index contributed by atoms with van der Waals surface area (Å²) in [5.41, 5.74) is 0.550. The van der Waals surface area contributed by atoms with Crippen LogP contribution in [0.5, 0.6) is 5.75 Å². The van der Waals surface area contributed by atoms with Gasteiger partial charge >= 0.3 is 0 Å². The summed E-state index contributed by atoms with van der Waals surface area (Å²) in [6.07, 6.45) is 1.14. The summed E-state index contributed by atoms with van der Waals surface area (Å²) >= 11 is 0. The molecule has 1 rings (SSSR count). The number of rotatable bonds is 2. The molecule has 80 valence electrons. The lowest BCUT2D eigenvalue weighted by atomic mass is 10.1. The Morgan fingerprint density at radius 3 is 2.36 bits per heavy atom. The maximum Gasteiger partial charge on any atom is 0.231 e. The van der Waals surface area contributed by atoms with Gasteiger partial charge in [0.25, 0.3) is 0 Å². The minimum Gasteiger partial charge on any atom is -0.618 e. The van der Waals surface area contributed by atoms with Gasteiger partial charge in [-0.25, -0.2) is 0 Å². The number of hydrogen-bond donors (Lipinski definition) is 3. The monoisotopic (exact) mass is 221 g/mol. The van der Waals surface area contributed by atoms with E-state index < -0.39 is 6.61 Å². The fourth-order valence-electron chi connectivity index (χ4n) is 1.10. The van der Waals surface area contributed by atoms with Crippen molar-refractivity contribution in [2.24, 2.45) is 0 Å². The second-order valence-corrected chi connectivity index (χ2v) is 2.71. The molecule has 14 heavy (non-hydrogen) atoms. The molecule has 0 aliphatic rings. The number of aliphatic hydroxyl groups excluding tert-OH is 2. The molecule has 0 saturated carbocycles. The van der Waals surface area contributed by atoms with Gasteiger partial charge < -0.3 is 20.5 Å². The number of aromatic nitrogens is 1. The van der Waals surface area contributed by atoms with Gasteiger partial charge in [-0.15, -0.1) is 12.4 Å². The SMILES string of the molecule is Cc1c(O)c(CO)c(CO)c[n+]1[O-].Cl. The van der Waals surface area contributed by atoms with Crippen molar-refractivity contribution in [3.8, 4) is 5.75 Å². The second-order valence-electron chi connectivity index (χ2n) is 2.71. The lowest BCUT2D eigenvalue weighted by Crippen LogP contribution is -2.31. The van der Waals surface area contributed by atoms with E-state index in [1.165, 1.54) is 6.92 Å². The van der Waals surface area contributed by atoms with Gasteiger partial charge in [0, 0.05) is 12.5 Å². The molecule has 0 amide bonds. The molecule has 0 atom stereocenters. The van der Waals surface area contributed by atoms with Crippen LogP contribution in [-0.4, -0.2) is 15.3 Å². The molecule has 0 radical (unpaired) electrons. The first-order valence-corrected chi connectivity index (χ1v) is 3.77. The van der Waals surface area contributed by atoms with E-state index in [4.69, 9.17) is 10.2 Å². The highest BCUT2D eigenvalue weighted by molar-refractivity contribution is 5.85. The average Bonchev–Trinajstić information content (AvgIpc) is 2.13. The van der Waals surface area contributed by atoms with E-state index in [1.54, 1.807) is 0 Å². The van der Waals surface area contributed by atoms with Gasteiger partial charge in [-0.3, -0.25) is 0 Å². The van der Waals surface area contributed by atoms with E-state index in [2.05, 4.69) is 0 Å². The van der Waals surface area contributed by atoms with Crippen molar-refractivity contribution < 1.29 is 20.0 Å². The molecule has 0 spiro atoms. The van der Waals surface area contributed by atoms with Crippen molar-refractivity contribution in [3.05, 3.63) is 28.2 Å². The van der Waals surface area contributed by atoms with Crippen molar-refractivity contribution >= 4 is 12.4 Å². The Morgan fingerprint density at radius 2 is 1.93 bits per heavy atom. The van der Waals surface area contributed by atoms with E-state index in [9.17, 15) is 10.3 Å². The predicted octanol–water partition coefficient (Wildman–Crippen LogP) is -0.260. The van der Waals surface area contributed by atoms with Crippen LogP contribution in [0.1, 0.15) is 16.8 Å². The summed E-state index contributed by atoms with van der Waals surface area (Å²) in [7, 11) is 0. The van der Waals surface area contributed by atoms with E-state index in [1.807, 2.05) is 0 Å².